The maximum Gasteiger partial charge on any atom is 0.440 e. The molecule has 10 heteroatoms. The summed E-state index contributed by atoms with van der Waals surface area (Å²) in [5.41, 5.74) is -0.802. The molecule has 1 aromatic rings. The lowest BCUT2D eigenvalue weighted by atomic mass is 9.97. The number of rotatable bonds is 10. The van der Waals surface area contributed by atoms with Gasteiger partial charge in [-0.05, 0) is 31.2 Å². The van der Waals surface area contributed by atoms with Crippen molar-refractivity contribution >= 4 is 37.8 Å². The monoisotopic (exact) mass is 489 g/mol. The Morgan fingerprint density at radius 3 is 2.38 bits per heavy atom. The zero-order valence-electron chi connectivity index (χ0n) is 16.5. The van der Waals surface area contributed by atoms with Crippen molar-refractivity contribution in [3.63, 3.8) is 0 Å². The van der Waals surface area contributed by atoms with Crippen LogP contribution in [0, 0.1) is 0 Å². The van der Waals surface area contributed by atoms with Crippen molar-refractivity contribution in [1.29, 1.82) is 0 Å². The van der Waals surface area contributed by atoms with Gasteiger partial charge >= 0.3 is 6.09 Å². The molecule has 2 N–H and O–H groups in total. The van der Waals surface area contributed by atoms with Crippen molar-refractivity contribution in [1.82, 2.24) is 9.31 Å². The molecule has 1 amide bonds. The van der Waals surface area contributed by atoms with E-state index in [-0.39, 0.29) is 22.4 Å². The number of likely N-dealkylation sites (tertiary alicyclic amines) is 1. The number of alkyl halides is 1. The number of benzene rings is 1. The van der Waals surface area contributed by atoms with Gasteiger partial charge in [0.2, 0.25) is 5.72 Å². The molecule has 1 saturated heterocycles. The number of carbonyl (C=O) groups is 2. The van der Waals surface area contributed by atoms with Crippen LogP contribution in [0.5, 0.6) is 0 Å². The fourth-order valence-electron chi connectivity index (χ4n) is 3.36. The Balaban J connectivity index is 2.28. The highest BCUT2D eigenvalue weighted by Gasteiger charge is 2.48. The van der Waals surface area contributed by atoms with E-state index in [4.69, 9.17) is 10.6 Å². The normalized spacial score (nSPS) is 16.9. The van der Waals surface area contributed by atoms with Gasteiger partial charge in [0, 0.05) is 31.8 Å². The Hall–Kier alpha value is -1.49. The average Bonchev–Trinajstić information content (AvgIpc) is 3.22. The van der Waals surface area contributed by atoms with Crippen molar-refractivity contribution < 1.29 is 22.7 Å². The van der Waals surface area contributed by atoms with Gasteiger partial charge in [0.25, 0.3) is 10.0 Å². The number of Topliss-reactive ketones (excluding diaryl/α,β-unsaturated/α-hetero) is 1. The molecule has 0 bridgehead atoms. The average molecular weight is 490 g/mol. The number of amides is 1. The third kappa shape index (κ3) is 6.00. The molecule has 1 aromatic carbocycles. The molecule has 8 nitrogen and oxygen atoms in total. The number of hydrogen-bond donors (Lipinski definition) is 1. The largest absolute Gasteiger partial charge is 0.440 e. The lowest BCUT2D eigenvalue weighted by Crippen LogP contribution is -2.60. The number of sulfonamides is 1. The number of nitrogens with two attached hydrogens (primary N) is 1. The number of unbranched alkanes of at least 4 members (excludes halogenated alkanes) is 1. The Morgan fingerprint density at radius 1 is 1.21 bits per heavy atom. The van der Waals surface area contributed by atoms with E-state index in [1.165, 1.54) is 6.92 Å². The summed E-state index contributed by atoms with van der Waals surface area (Å²) in [5, 5.41) is 0.650. The number of halogens is 1. The molecule has 29 heavy (non-hydrogen) atoms. The fourth-order valence-corrected chi connectivity index (χ4v) is 4.79. The first-order valence-electron chi connectivity index (χ1n) is 9.59. The molecule has 1 fully saturated rings. The van der Waals surface area contributed by atoms with Crippen LogP contribution < -0.4 is 5.84 Å². The van der Waals surface area contributed by atoms with Crippen LogP contribution in [0.3, 0.4) is 0 Å². The van der Waals surface area contributed by atoms with Gasteiger partial charge in [0.15, 0.2) is 5.78 Å². The minimum Gasteiger partial charge on any atom is -0.418 e. The van der Waals surface area contributed by atoms with Crippen molar-refractivity contribution in [3.05, 3.63) is 35.9 Å². The summed E-state index contributed by atoms with van der Waals surface area (Å²) >= 11 is 3.23. The van der Waals surface area contributed by atoms with Crippen LogP contribution in [0.25, 0.3) is 0 Å². The summed E-state index contributed by atoms with van der Waals surface area (Å²) in [5.74, 6) is 4.95. The molecule has 1 aliphatic rings. The maximum atomic E-state index is 12.7. The van der Waals surface area contributed by atoms with Gasteiger partial charge in [-0.3, -0.25) is 9.69 Å². The molecule has 162 valence electrons. The van der Waals surface area contributed by atoms with E-state index in [2.05, 4.69) is 15.9 Å². The van der Waals surface area contributed by atoms with Crippen LogP contribution in [-0.2, 0) is 26.0 Å². The molecule has 0 saturated carbocycles. The summed E-state index contributed by atoms with van der Waals surface area (Å²) in [7, 11) is -4.04. The molecule has 0 radical (unpaired) electrons. The molecule has 1 aliphatic heterocycles. The summed E-state index contributed by atoms with van der Waals surface area (Å²) in [4.78, 5) is 27.2. The van der Waals surface area contributed by atoms with Crippen LogP contribution in [0.4, 0.5) is 4.79 Å². The number of ether oxygens (including phenoxy) is 1. The first-order valence-corrected chi connectivity index (χ1v) is 12.3. The summed E-state index contributed by atoms with van der Waals surface area (Å²) in [6, 6.07) is 9.17. The van der Waals surface area contributed by atoms with Gasteiger partial charge in [-0.25, -0.2) is 19.1 Å². The number of nitrogens with zero attached hydrogens (tertiary/aromatic N) is 2. The number of hydrazine groups is 1. The molecule has 0 spiro atoms. The summed E-state index contributed by atoms with van der Waals surface area (Å²) in [6.07, 6.45) is 1.56. The SMILES string of the molecule is CC(=O)C(Cc1ccccc1)(OC(=O)N(N)S(=O)(=O)CCCCBr)N1CCCC1. The maximum absolute atomic E-state index is 12.7. The van der Waals surface area contributed by atoms with Crippen LogP contribution in [0.15, 0.2) is 30.3 Å². The standard InChI is InChI=1S/C19H28BrN3O5S/c1-16(24)19(22-12-6-7-13-22,15-17-9-3-2-4-10-17)28-18(25)23(21)29(26,27)14-8-5-11-20/h2-4,9-10H,5-8,11-15,21H2,1H3. The van der Waals surface area contributed by atoms with Crippen molar-refractivity contribution in [2.24, 2.45) is 5.84 Å². The molecular formula is C19H28BrN3O5S. The third-order valence-electron chi connectivity index (χ3n) is 4.98. The minimum atomic E-state index is -4.04. The van der Waals surface area contributed by atoms with Crippen molar-refractivity contribution in [2.75, 3.05) is 24.2 Å². The minimum absolute atomic E-state index is 0.117. The van der Waals surface area contributed by atoms with Gasteiger partial charge in [-0.15, -0.1) is 4.41 Å². The van der Waals surface area contributed by atoms with E-state index in [1.807, 2.05) is 30.3 Å². The highest BCUT2D eigenvalue weighted by Crippen LogP contribution is 2.29. The van der Waals surface area contributed by atoms with Crippen molar-refractivity contribution in [3.8, 4) is 0 Å². The topological polar surface area (TPSA) is 110 Å². The molecule has 2 rings (SSSR count). The molecule has 1 unspecified atom stereocenters. The van der Waals surface area contributed by atoms with Gasteiger partial charge in [-0.1, -0.05) is 46.3 Å². The van der Waals surface area contributed by atoms with E-state index in [1.54, 1.807) is 4.90 Å². The Bertz CT molecular complexity index is 799. The fraction of sp³-hybridized carbons (Fsp3) is 0.579. The second kappa shape index (κ2) is 10.5. The smallest absolute Gasteiger partial charge is 0.418 e. The van der Waals surface area contributed by atoms with Gasteiger partial charge in [0.1, 0.15) is 0 Å². The van der Waals surface area contributed by atoms with Gasteiger partial charge in [0.05, 0.1) is 5.75 Å². The van der Waals surface area contributed by atoms with E-state index >= 15 is 0 Å². The Kier molecular flexibility index (Phi) is 8.62. The highest BCUT2D eigenvalue weighted by molar-refractivity contribution is 9.09. The lowest BCUT2D eigenvalue weighted by molar-refractivity contribution is -0.158. The molecule has 0 aromatic heterocycles. The van der Waals surface area contributed by atoms with Crippen LogP contribution in [-0.4, -0.2) is 59.5 Å². The van der Waals surface area contributed by atoms with E-state index in [0.29, 0.717) is 31.3 Å². The van der Waals surface area contributed by atoms with Gasteiger partial charge in [-0.2, -0.15) is 0 Å². The molecule has 1 heterocycles. The zero-order valence-corrected chi connectivity index (χ0v) is 19.0. The predicted octanol–water partition coefficient (Wildman–Crippen LogP) is 2.43. The first kappa shape index (κ1) is 23.8. The zero-order chi connectivity index (χ0) is 21.5. The molecule has 1 atom stereocenters. The second-order valence-corrected chi connectivity index (χ2v) is 9.83. The number of carbonyl (C=O) groups excluding carboxylic acids is 2. The third-order valence-corrected chi connectivity index (χ3v) is 7.09. The second-order valence-electron chi connectivity index (χ2n) is 7.07. The number of hydrogen-bond acceptors (Lipinski definition) is 7. The highest BCUT2D eigenvalue weighted by atomic mass is 79.9. The van der Waals surface area contributed by atoms with Crippen LogP contribution in [0.2, 0.25) is 0 Å². The Labute approximate surface area is 180 Å². The Morgan fingerprint density at radius 2 is 1.83 bits per heavy atom. The number of ketones is 1. The van der Waals surface area contributed by atoms with Crippen LogP contribution >= 0.6 is 15.9 Å². The molecule has 0 aliphatic carbocycles. The molecular weight excluding hydrogens is 462 g/mol. The summed E-state index contributed by atoms with van der Waals surface area (Å²) in [6.45, 7) is 2.49. The quantitative estimate of drug-likeness (QED) is 0.176. The van der Waals surface area contributed by atoms with E-state index in [9.17, 15) is 18.0 Å². The van der Waals surface area contributed by atoms with Crippen LogP contribution in [0.1, 0.15) is 38.2 Å². The first-order chi connectivity index (χ1) is 13.7. The van der Waals surface area contributed by atoms with E-state index in [0.717, 1.165) is 18.4 Å². The van der Waals surface area contributed by atoms with Crippen molar-refractivity contribution in [2.45, 2.75) is 44.8 Å². The lowest BCUT2D eigenvalue weighted by Gasteiger charge is -2.39. The van der Waals surface area contributed by atoms with Gasteiger partial charge < -0.3 is 4.74 Å². The predicted molar refractivity (Wildman–Crippen MR) is 114 cm³/mol. The van der Waals surface area contributed by atoms with E-state index < -0.39 is 21.8 Å². The summed E-state index contributed by atoms with van der Waals surface area (Å²) < 4.78 is 30.5.